The number of fused-ring (bicyclic) bond motifs is 1. The van der Waals surface area contributed by atoms with Gasteiger partial charge in [-0.05, 0) is 18.8 Å². The number of esters is 2. The highest BCUT2D eigenvalue weighted by Gasteiger charge is 2.52. The van der Waals surface area contributed by atoms with Gasteiger partial charge in [0.1, 0.15) is 6.10 Å². The first-order valence-corrected chi connectivity index (χ1v) is 5.43. The lowest BCUT2D eigenvalue weighted by atomic mass is 9.73. The molecule has 1 saturated heterocycles. The van der Waals surface area contributed by atoms with Crippen molar-refractivity contribution in [3.8, 4) is 0 Å². The molecule has 0 aromatic carbocycles. The SMILES string of the molecule is COC(=O)[C@@H]1C(=O)O[C@@H]2CCC[C@@H](C)[C@H]12. The third-order valence-corrected chi connectivity index (χ3v) is 3.60. The van der Waals surface area contributed by atoms with Gasteiger partial charge in [-0.25, -0.2) is 0 Å². The third kappa shape index (κ3) is 1.62. The van der Waals surface area contributed by atoms with Gasteiger partial charge in [0.05, 0.1) is 7.11 Å². The minimum absolute atomic E-state index is 0.0266. The molecule has 1 heterocycles. The van der Waals surface area contributed by atoms with Gasteiger partial charge in [0.2, 0.25) is 0 Å². The molecule has 0 unspecified atom stereocenters. The van der Waals surface area contributed by atoms with Crippen LogP contribution in [0.15, 0.2) is 0 Å². The van der Waals surface area contributed by atoms with E-state index in [4.69, 9.17) is 4.74 Å². The summed E-state index contributed by atoms with van der Waals surface area (Å²) in [7, 11) is 1.32. The van der Waals surface area contributed by atoms with E-state index >= 15 is 0 Å². The molecule has 84 valence electrons. The number of carbonyl (C=O) groups is 2. The molecule has 0 spiro atoms. The fraction of sp³-hybridized carbons (Fsp3) is 0.818. The van der Waals surface area contributed by atoms with Crippen molar-refractivity contribution >= 4 is 11.9 Å². The molecule has 4 atom stereocenters. The highest BCUT2D eigenvalue weighted by Crippen LogP contribution is 2.42. The van der Waals surface area contributed by atoms with Crippen molar-refractivity contribution in [3.63, 3.8) is 0 Å². The van der Waals surface area contributed by atoms with Crippen LogP contribution in [0.1, 0.15) is 26.2 Å². The average Bonchev–Trinajstić information content (AvgIpc) is 2.55. The van der Waals surface area contributed by atoms with Gasteiger partial charge in [0.15, 0.2) is 5.92 Å². The van der Waals surface area contributed by atoms with Crippen LogP contribution < -0.4 is 0 Å². The molecule has 4 nitrogen and oxygen atoms in total. The summed E-state index contributed by atoms with van der Waals surface area (Å²) in [6, 6.07) is 0. The van der Waals surface area contributed by atoms with Crippen LogP contribution in [0.4, 0.5) is 0 Å². The maximum Gasteiger partial charge on any atom is 0.321 e. The average molecular weight is 212 g/mol. The zero-order chi connectivity index (χ0) is 11.0. The molecular formula is C11H16O4. The van der Waals surface area contributed by atoms with Crippen LogP contribution in [-0.2, 0) is 19.1 Å². The number of ether oxygens (including phenoxy) is 2. The first-order valence-electron chi connectivity index (χ1n) is 5.43. The smallest absolute Gasteiger partial charge is 0.321 e. The van der Waals surface area contributed by atoms with Crippen molar-refractivity contribution < 1.29 is 19.1 Å². The first-order chi connectivity index (χ1) is 7.15. The molecular weight excluding hydrogens is 196 g/mol. The number of methoxy groups -OCH3 is 1. The van der Waals surface area contributed by atoms with E-state index < -0.39 is 17.9 Å². The van der Waals surface area contributed by atoms with E-state index in [1.54, 1.807) is 0 Å². The van der Waals surface area contributed by atoms with Gasteiger partial charge in [0.25, 0.3) is 0 Å². The summed E-state index contributed by atoms with van der Waals surface area (Å²) in [6.45, 7) is 2.08. The Kier molecular flexibility index (Phi) is 2.67. The molecule has 0 radical (unpaired) electrons. The summed E-state index contributed by atoms with van der Waals surface area (Å²) in [5.41, 5.74) is 0. The standard InChI is InChI=1S/C11H16O4/c1-6-4-3-5-7-8(6)9(10(12)14-2)11(13)15-7/h6-9H,3-5H2,1-2H3/t6-,7-,8+,9-/m1/s1. The Balaban J connectivity index is 2.22. The van der Waals surface area contributed by atoms with Crippen LogP contribution in [-0.4, -0.2) is 25.2 Å². The second-order valence-electron chi connectivity index (χ2n) is 4.46. The number of carbonyl (C=O) groups excluding carboxylic acids is 2. The van der Waals surface area contributed by atoms with E-state index in [-0.39, 0.29) is 12.0 Å². The number of hydrogen-bond donors (Lipinski definition) is 0. The lowest BCUT2D eigenvalue weighted by Gasteiger charge is -2.30. The zero-order valence-electron chi connectivity index (χ0n) is 9.06. The summed E-state index contributed by atoms with van der Waals surface area (Å²) < 4.78 is 9.89. The van der Waals surface area contributed by atoms with Gasteiger partial charge in [0, 0.05) is 5.92 Å². The van der Waals surface area contributed by atoms with Crippen LogP contribution in [0.5, 0.6) is 0 Å². The molecule has 0 bridgehead atoms. The summed E-state index contributed by atoms with van der Waals surface area (Å²) in [5.74, 6) is -1.14. The Labute approximate surface area is 88.9 Å². The second-order valence-corrected chi connectivity index (χ2v) is 4.46. The molecule has 4 heteroatoms. The van der Waals surface area contributed by atoms with Gasteiger partial charge in [-0.3, -0.25) is 9.59 Å². The van der Waals surface area contributed by atoms with E-state index in [1.165, 1.54) is 7.11 Å². The van der Waals surface area contributed by atoms with Crippen LogP contribution in [0, 0.1) is 17.8 Å². The molecule has 1 saturated carbocycles. The fourth-order valence-electron chi connectivity index (χ4n) is 2.83. The Bertz CT molecular complexity index is 286. The quantitative estimate of drug-likeness (QED) is 0.483. The third-order valence-electron chi connectivity index (χ3n) is 3.60. The van der Waals surface area contributed by atoms with Crippen LogP contribution in [0.25, 0.3) is 0 Å². The summed E-state index contributed by atoms with van der Waals surface area (Å²) in [6.07, 6.45) is 2.95. The molecule has 2 fully saturated rings. The molecule has 0 amide bonds. The van der Waals surface area contributed by atoms with Gasteiger partial charge in [-0.15, -0.1) is 0 Å². The highest BCUT2D eigenvalue weighted by atomic mass is 16.6. The molecule has 2 aliphatic rings. The Morgan fingerprint density at radius 1 is 1.47 bits per heavy atom. The van der Waals surface area contributed by atoms with Crippen molar-refractivity contribution in [2.24, 2.45) is 17.8 Å². The van der Waals surface area contributed by atoms with Crippen LogP contribution in [0.3, 0.4) is 0 Å². The molecule has 15 heavy (non-hydrogen) atoms. The van der Waals surface area contributed by atoms with Gasteiger partial charge >= 0.3 is 11.9 Å². The van der Waals surface area contributed by atoms with Crippen molar-refractivity contribution in [2.45, 2.75) is 32.3 Å². The molecule has 0 aromatic heterocycles. The maximum absolute atomic E-state index is 11.6. The van der Waals surface area contributed by atoms with E-state index in [0.29, 0.717) is 5.92 Å². The predicted octanol–water partition coefficient (Wildman–Crippen LogP) is 1.14. The highest BCUT2D eigenvalue weighted by molar-refractivity contribution is 5.96. The zero-order valence-corrected chi connectivity index (χ0v) is 9.06. The summed E-state index contributed by atoms with van der Waals surface area (Å²) in [5, 5.41) is 0. The topological polar surface area (TPSA) is 52.6 Å². The fourth-order valence-corrected chi connectivity index (χ4v) is 2.83. The monoisotopic (exact) mass is 212 g/mol. The molecule has 1 aliphatic carbocycles. The molecule has 1 aliphatic heterocycles. The molecule has 0 aromatic rings. The largest absolute Gasteiger partial charge is 0.468 e. The van der Waals surface area contributed by atoms with Crippen molar-refractivity contribution in [2.75, 3.05) is 7.11 Å². The minimum atomic E-state index is -0.685. The van der Waals surface area contributed by atoms with Gasteiger partial charge in [-0.1, -0.05) is 13.3 Å². The van der Waals surface area contributed by atoms with E-state index in [9.17, 15) is 9.59 Å². The number of hydrogen-bond acceptors (Lipinski definition) is 4. The van der Waals surface area contributed by atoms with Crippen molar-refractivity contribution in [3.05, 3.63) is 0 Å². The Hall–Kier alpha value is -1.06. The van der Waals surface area contributed by atoms with E-state index in [0.717, 1.165) is 19.3 Å². The normalized spacial score (nSPS) is 39.5. The Morgan fingerprint density at radius 2 is 2.20 bits per heavy atom. The van der Waals surface area contributed by atoms with Crippen LogP contribution in [0.2, 0.25) is 0 Å². The van der Waals surface area contributed by atoms with Gasteiger partial charge < -0.3 is 9.47 Å². The first kappa shape index (κ1) is 10.5. The maximum atomic E-state index is 11.6. The molecule has 2 rings (SSSR count). The molecule has 0 N–H and O–H groups in total. The summed E-state index contributed by atoms with van der Waals surface area (Å²) in [4.78, 5) is 23.1. The van der Waals surface area contributed by atoms with Crippen molar-refractivity contribution in [1.29, 1.82) is 0 Å². The minimum Gasteiger partial charge on any atom is -0.468 e. The lowest BCUT2D eigenvalue weighted by molar-refractivity contribution is -0.155. The van der Waals surface area contributed by atoms with Crippen LogP contribution >= 0.6 is 0 Å². The van der Waals surface area contributed by atoms with Crippen molar-refractivity contribution in [1.82, 2.24) is 0 Å². The predicted molar refractivity (Wildman–Crippen MR) is 51.9 cm³/mol. The van der Waals surface area contributed by atoms with Gasteiger partial charge in [-0.2, -0.15) is 0 Å². The lowest BCUT2D eigenvalue weighted by Crippen LogP contribution is -2.35. The van der Waals surface area contributed by atoms with E-state index in [2.05, 4.69) is 11.7 Å². The van der Waals surface area contributed by atoms with E-state index in [1.807, 2.05) is 0 Å². The number of rotatable bonds is 1. The Morgan fingerprint density at radius 3 is 2.87 bits per heavy atom. The summed E-state index contributed by atoms with van der Waals surface area (Å²) >= 11 is 0. The second kappa shape index (κ2) is 3.83.